The van der Waals surface area contributed by atoms with E-state index in [0.29, 0.717) is 17.2 Å². The van der Waals surface area contributed by atoms with E-state index in [1.165, 1.54) is 18.4 Å². The van der Waals surface area contributed by atoms with Crippen LogP contribution in [0.4, 0.5) is 5.69 Å². The van der Waals surface area contributed by atoms with Crippen LogP contribution in [0.3, 0.4) is 0 Å². The van der Waals surface area contributed by atoms with E-state index >= 15 is 0 Å². The predicted octanol–water partition coefficient (Wildman–Crippen LogP) is 3.95. The summed E-state index contributed by atoms with van der Waals surface area (Å²) < 4.78 is 0. The molecule has 26 heavy (non-hydrogen) atoms. The Morgan fingerprint density at radius 1 is 0.962 bits per heavy atom. The third kappa shape index (κ3) is 3.12. The minimum atomic E-state index is -0.0456. The molecule has 1 fully saturated rings. The number of carbonyl (C=O) groups is 2. The summed E-state index contributed by atoms with van der Waals surface area (Å²) in [6.07, 6.45) is 5.38. The average Bonchev–Trinajstić information content (AvgIpc) is 3.27. The van der Waals surface area contributed by atoms with Crippen LogP contribution in [0.1, 0.15) is 58.9 Å². The summed E-state index contributed by atoms with van der Waals surface area (Å²) >= 11 is 0. The Morgan fingerprint density at radius 2 is 1.62 bits per heavy atom. The van der Waals surface area contributed by atoms with Gasteiger partial charge in [-0.25, -0.2) is 0 Å². The van der Waals surface area contributed by atoms with E-state index in [-0.39, 0.29) is 17.9 Å². The second kappa shape index (κ2) is 6.94. The van der Waals surface area contributed by atoms with Gasteiger partial charge in [0.2, 0.25) is 0 Å². The maximum absolute atomic E-state index is 13.0. The van der Waals surface area contributed by atoms with Gasteiger partial charge in [-0.05, 0) is 62.1 Å². The monoisotopic (exact) mass is 348 g/mol. The van der Waals surface area contributed by atoms with Crippen molar-refractivity contribution in [1.29, 1.82) is 0 Å². The molecule has 1 aliphatic carbocycles. The molecular weight excluding hydrogens is 324 g/mol. The molecule has 1 aliphatic heterocycles. The summed E-state index contributed by atoms with van der Waals surface area (Å²) in [5.74, 6) is -0.0546. The van der Waals surface area contributed by atoms with Crippen molar-refractivity contribution in [3.05, 3.63) is 65.2 Å². The smallest absolute Gasteiger partial charge is 0.258 e. The van der Waals surface area contributed by atoms with Crippen molar-refractivity contribution in [2.75, 3.05) is 4.90 Å². The van der Waals surface area contributed by atoms with E-state index in [0.717, 1.165) is 24.9 Å². The molecule has 1 saturated carbocycles. The summed E-state index contributed by atoms with van der Waals surface area (Å²) in [4.78, 5) is 27.2. The number of carbonyl (C=O) groups excluding carboxylic acids is 2. The van der Waals surface area contributed by atoms with Gasteiger partial charge in [0, 0.05) is 28.9 Å². The largest absolute Gasteiger partial charge is 0.349 e. The van der Waals surface area contributed by atoms with Crippen LogP contribution in [0.25, 0.3) is 0 Å². The van der Waals surface area contributed by atoms with Gasteiger partial charge >= 0.3 is 0 Å². The highest BCUT2D eigenvalue weighted by atomic mass is 16.2. The van der Waals surface area contributed by atoms with Crippen LogP contribution in [-0.2, 0) is 6.42 Å². The quantitative estimate of drug-likeness (QED) is 0.913. The third-order valence-electron chi connectivity index (χ3n) is 5.51. The summed E-state index contributed by atoms with van der Waals surface area (Å²) in [5, 5.41) is 3.08. The van der Waals surface area contributed by atoms with Crippen LogP contribution < -0.4 is 10.2 Å². The van der Waals surface area contributed by atoms with E-state index < -0.39 is 0 Å². The molecule has 4 heteroatoms. The Labute approximate surface area is 154 Å². The maximum Gasteiger partial charge on any atom is 0.258 e. The molecule has 1 atom stereocenters. The second-order valence-corrected chi connectivity index (χ2v) is 7.39. The molecule has 0 spiro atoms. The van der Waals surface area contributed by atoms with Gasteiger partial charge in [-0.2, -0.15) is 0 Å². The fraction of sp³-hybridized carbons (Fsp3) is 0.364. The molecule has 134 valence electrons. The van der Waals surface area contributed by atoms with Crippen molar-refractivity contribution in [2.45, 2.75) is 51.1 Å². The van der Waals surface area contributed by atoms with Gasteiger partial charge in [0.15, 0.2) is 0 Å². The molecule has 1 unspecified atom stereocenters. The fourth-order valence-corrected chi connectivity index (χ4v) is 4.12. The number of nitrogens with one attached hydrogen (secondary N) is 1. The van der Waals surface area contributed by atoms with Gasteiger partial charge in [0.1, 0.15) is 0 Å². The highest BCUT2D eigenvalue weighted by Gasteiger charge is 2.31. The van der Waals surface area contributed by atoms with Crippen molar-refractivity contribution in [3.8, 4) is 0 Å². The van der Waals surface area contributed by atoms with Gasteiger partial charge in [-0.3, -0.25) is 9.59 Å². The zero-order valence-corrected chi connectivity index (χ0v) is 15.1. The summed E-state index contributed by atoms with van der Waals surface area (Å²) in [6, 6.07) is 15.5. The first-order valence-corrected chi connectivity index (χ1v) is 9.46. The van der Waals surface area contributed by atoms with Crippen molar-refractivity contribution in [3.63, 3.8) is 0 Å². The lowest BCUT2D eigenvalue weighted by atomic mass is 10.1. The van der Waals surface area contributed by atoms with E-state index in [9.17, 15) is 9.59 Å². The second-order valence-electron chi connectivity index (χ2n) is 7.39. The molecule has 2 aromatic rings. The molecule has 2 aliphatic rings. The number of benzene rings is 2. The summed E-state index contributed by atoms with van der Waals surface area (Å²) in [7, 11) is 0. The molecule has 0 aromatic heterocycles. The van der Waals surface area contributed by atoms with E-state index in [4.69, 9.17) is 0 Å². The Balaban J connectivity index is 1.50. The predicted molar refractivity (Wildman–Crippen MR) is 103 cm³/mol. The van der Waals surface area contributed by atoms with Crippen molar-refractivity contribution in [2.24, 2.45) is 0 Å². The average molecular weight is 348 g/mol. The Morgan fingerprint density at radius 3 is 2.35 bits per heavy atom. The van der Waals surface area contributed by atoms with Crippen LogP contribution in [-0.4, -0.2) is 23.9 Å². The zero-order valence-electron chi connectivity index (χ0n) is 15.1. The van der Waals surface area contributed by atoms with Gasteiger partial charge in [0.05, 0.1) is 0 Å². The molecular formula is C22H24N2O2. The molecule has 1 heterocycles. The number of anilines is 1. The number of amides is 2. The molecule has 1 N–H and O–H groups in total. The molecule has 2 amide bonds. The van der Waals surface area contributed by atoms with Crippen LogP contribution in [0.5, 0.6) is 0 Å². The Bertz CT molecular complexity index is 822. The van der Waals surface area contributed by atoms with Gasteiger partial charge in [0.25, 0.3) is 11.8 Å². The lowest BCUT2D eigenvalue weighted by Gasteiger charge is -2.23. The highest BCUT2D eigenvalue weighted by Crippen LogP contribution is 2.33. The normalized spacial score (nSPS) is 19.4. The lowest BCUT2D eigenvalue weighted by Crippen LogP contribution is -2.36. The van der Waals surface area contributed by atoms with Crippen LogP contribution in [0, 0.1) is 0 Å². The lowest BCUT2D eigenvalue weighted by molar-refractivity contribution is 0.0935. The molecule has 2 aromatic carbocycles. The van der Waals surface area contributed by atoms with Crippen molar-refractivity contribution >= 4 is 17.5 Å². The number of para-hydroxylation sites is 1. The molecule has 0 bridgehead atoms. The molecule has 0 radical (unpaired) electrons. The van der Waals surface area contributed by atoms with Gasteiger partial charge in [-0.15, -0.1) is 0 Å². The number of rotatable bonds is 3. The molecule has 0 saturated heterocycles. The van der Waals surface area contributed by atoms with Crippen molar-refractivity contribution in [1.82, 2.24) is 5.32 Å². The van der Waals surface area contributed by atoms with Crippen LogP contribution >= 0.6 is 0 Å². The molecule has 4 nitrogen and oxygen atoms in total. The van der Waals surface area contributed by atoms with Gasteiger partial charge < -0.3 is 10.2 Å². The van der Waals surface area contributed by atoms with E-state index in [2.05, 4.69) is 18.3 Å². The number of hydrogen-bond donors (Lipinski definition) is 1. The topological polar surface area (TPSA) is 49.4 Å². The zero-order chi connectivity index (χ0) is 18.1. The highest BCUT2D eigenvalue weighted by molar-refractivity contribution is 6.08. The van der Waals surface area contributed by atoms with E-state index in [1.807, 2.05) is 23.1 Å². The fourth-order valence-electron chi connectivity index (χ4n) is 4.12. The Kier molecular flexibility index (Phi) is 4.49. The maximum atomic E-state index is 13.0. The standard InChI is InChI=1S/C22H24N2O2/c1-15-14-18-6-2-5-9-20(18)24(15)22(26)17-12-10-16(11-13-17)21(25)23-19-7-3-4-8-19/h2,5-6,9-13,15,19H,3-4,7-8,14H2,1H3,(H,23,25). The summed E-state index contributed by atoms with van der Waals surface area (Å²) in [6.45, 7) is 2.07. The number of hydrogen-bond acceptors (Lipinski definition) is 2. The summed E-state index contributed by atoms with van der Waals surface area (Å²) in [5.41, 5.74) is 3.43. The first-order valence-electron chi connectivity index (χ1n) is 9.46. The first-order chi connectivity index (χ1) is 12.6. The van der Waals surface area contributed by atoms with Crippen LogP contribution in [0.15, 0.2) is 48.5 Å². The third-order valence-corrected chi connectivity index (χ3v) is 5.51. The van der Waals surface area contributed by atoms with Crippen molar-refractivity contribution < 1.29 is 9.59 Å². The van der Waals surface area contributed by atoms with Crippen LogP contribution in [0.2, 0.25) is 0 Å². The minimum Gasteiger partial charge on any atom is -0.349 e. The van der Waals surface area contributed by atoms with E-state index in [1.54, 1.807) is 24.3 Å². The Hall–Kier alpha value is -2.62. The number of nitrogens with zero attached hydrogens (tertiary/aromatic N) is 1. The first kappa shape index (κ1) is 16.8. The SMILES string of the molecule is CC1Cc2ccccc2N1C(=O)c1ccc(C(=O)NC2CCCC2)cc1. The molecule has 4 rings (SSSR count). The number of fused-ring (bicyclic) bond motifs is 1. The van der Waals surface area contributed by atoms with Gasteiger partial charge in [-0.1, -0.05) is 31.0 Å². The minimum absolute atomic E-state index is 0.00907.